The lowest BCUT2D eigenvalue weighted by Crippen LogP contribution is -2.43. The van der Waals surface area contributed by atoms with E-state index in [0.717, 1.165) is 32.5 Å². The van der Waals surface area contributed by atoms with Crippen LogP contribution in [0.25, 0.3) is 0 Å². The predicted octanol–water partition coefficient (Wildman–Crippen LogP) is 3.15. The number of nitrogens with one attached hydrogen (secondary N) is 1. The van der Waals surface area contributed by atoms with Crippen molar-refractivity contribution in [1.82, 2.24) is 10.2 Å². The van der Waals surface area contributed by atoms with Gasteiger partial charge in [0.2, 0.25) is 0 Å². The van der Waals surface area contributed by atoms with Crippen molar-refractivity contribution in [2.24, 2.45) is 5.92 Å². The largest absolute Gasteiger partial charge is 0.365 e. The summed E-state index contributed by atoms with van der Waals surface area (Å²) < 4.78 is 11.4. The Hall–Kier alpha value is -1.36. The molecule has 25 heavy (non-hydrogen) atoms. The van der Waals surface area contributed by atoms with Gasteiger partial charge >= 0.3 is 0 Å². The lowest BCUT2D eigenvalue weighted by atomic mass is 9.87. The summed E-state index contributed by atoms with van der Waals surface area (Å²) in [6.07, 6.45) is 9.37. The molecule has 1 fully saturated rings. The minimum Gasteiger partial charge on any atom is -0.365 e. The molecule has 0 aromatic rings. The molecule has 0 spiro atoms. The molecular weight excluding hydrogens is 312 g/mol. The molecule has 0 bridgehead atoms. The molecule has 1 N–H and O–H groups in total. The number of rotatable bonds is 2. The monoisotopic (exact) mass is 342 g/mol. The Kier molecular flexibility index (Phi) is 4.85. The van der Waals surface area contributed by atoms with Gasteiger partial charge in [0, 0.05) is 30.7 Å². The Morgan fingerprint density at radius 2 is 2.08 bits per heavy atom. The zero-order chi connectivity index (χ0) is 17.4. The van der Waals surface area contributed by atoms with E-state index < -0.39 is 0 Å². The number of hydrogen-bond acceptors (Lipinski definition) is 4. The Labute approximate surface area is 151 Å². The molecule has 4 heteroatoms. The van der Waals surface area contributed by atoms with Crippen LogP contribution in [-0.4, -0.2) is 50.1 Å². The van der Waals surface area contributed by atoms with E-state index >= 15 is 0 Å². The minimum absolute atomic E-state index is 0.368. The zero-order valence-electron chi connectivity index (χ0n) is 15.7. The first-order valence-corrected chi connectivity index (χ1v) is 9.71. The highest BCUT2D eigenvalue weighted by atomic mass is 16.7. The predicted molar refractivity (Wildman–Crippen MR) is 100 cm³/mol. The van der Waals surface area contributed by atoms with E-state index in [9.17, 15) is 0 Å². The molecule has 0 aromatic carbocycles. The average molecular weight is 342 g/mol. The van der Waals surface area contributed by atoms with Gasteiger partial charge in [-0.2, -0.15) is 0 Å². The Balaban J connectivity index is 1.69. The van der Waals surface area contributed by atoms with Crippen molar-refractivity contribution in [3.63, 3.8) is 0 Å². The van der Waals surface area contributed by atoms with Crippen LogP contribution in [0.15, 0.2) is 46.2 Å². The Morgan fingerprint density at radius 3 is 2.84 bits per heavy atom. The highest BCUT2D eigenvalue weighted by Gasteiger charge is 2.39. The van der Waals surface area contributed by atoms with E-state index in [0.29, 0.717) is 31.4 Å². The lowest BCUT2D eigenvalue weighted by Gasteiger charge is -2.35. The Bertz CT molecular complexity index is 659. The van der Waals surface area contributed by atoms with Crippen molar-refractivity contribution >= 4 is 0 Å². The summed E-state index contributed by atoms with van der Waals surface area (Å²) >= 11 is 0. The van der Waals surface area contributed by atoms with E-state index in [2.05, 4.69) is 49.2 Å². The third-order valence-corrected chi connectivity index (χ3v) is 6.06. The van der Waals surface area contributed by atoms with E-state index in [1.807, 2.05) is 0 Å². The molecule has 4 aliphatic rings. The molecule has 4 aliphatic heterocycles. The van der Waals surface area contributed by atoms with Crippen LogP contribution in [0.2, 0.25) is 0 Å². The van der Waals surface area contributed by atoms with Crippen LogP contribution in [0.4, 0.5) is 0 Å². The first-order valence-electron chi connectivity index (χ1n) is 9.71. The lowest BCUT2D eigenvalue weighted by molar-refractivity contribution is -0.0606. The smallest absolute Gasteiger partial charge is 0.147 e. The molecule has 4 heterocycles. The third-order valence-electron chi connectivity index (χ3n) is 6.06. The maximum absolute atomic E-state index is 5.70. The number of hydrogen-bond donors (Lipinski definition) is 1. The molecule has 0 aliphatic carbocycles. The second kappa shape index (κ2) is 7.10. The van der Waals surface area contributed by atoms with Crippen molar-refractivity contribution in [1.29, 1.82) is 0 Å². The maximum Gasteiger partial charge on any atom is 0.147 e. The fraction of sp³-hybridized carbons (Fsp3) is 0.619. The molecule has 3 atom stereocenters. The van der Waals surface area contributed by atoms with E-state index in [4.69, 9.17) is 9.47 Å². The molecule has 4 rings (SSSR count). The van der Waals surface area contributed by atoms with Crippen LogP contribution in [-0.2, 0) is 9.47 Å². The zero-order valence-corrected chi connectivity index (χ0v) is 15.7. The number of fused-ring (bicyclic) bond motifs is 3. The molecule has 0 radical (unpaired) electrons. The Morgan fingerprint density at radius 1 is 1.20 bits per heavy atom. The van der Waals surface area contributed by atoms with Crippen LogP contribution in [0.3, 0.4) is 0 Å². The van der Waals surface area contributed by atoms with E-state index in [1.54, 1.807) is 0 Å². The molecular formula is C21H30N2O2. The molecule has 0 saturated carbocycles. The molecule has 2 unspecified atom stereocenters. The highest BCUT2D eigenvalue weighted by Crippen LogP contribution is 2.39. The average Bonchev–Trinajstić information content (AvgIpc) is 2.97. The summed E-state index contributed by atoms with van der Waals surface area (Å²) in [6.45, 7) is 10.6. The summed E-state index contributed by atoms with van der Waals surface area (Å²) in [5.74, 6) is 0.484. The quantitative estimate of drug-likeness (QED) is 0.836. The van der Waals surface area contributed by atoms with Crippen molar-refractivity contribution in [3.05, 3.63) is 46.2 Å². The topological polar surface area (TPSA) is 33.7 Å². The van der Waals surface area contributed by atoms with Gasteiger partial charge in [-0.15, -0.1) is 0 Å². The van der Waals surface area contributed by atoms with Crippen molar-refractivity contribution in [2.75, 3.05) is 33.1 Å². The van der Waals surface area contributed by atoms with Gasteiger partial charge < -0.3 is 14.4 Å². The van der Waals surface area contributed by atoms with Gasteiger partial charge in [-0.3, -0.25) is 5.32 Å². The SMILES string of the molecule is C/C=C1/C=C2CN3CC4=C(C=C3C2N[C@H]1CC)C(CC)COCOC4. The summed E-state index contributed by atoms with van der Waals surface area (Å²) in [5.41, 5.74) is 7.28. The maximum atomic E-state index is 5.70. The molecule has 1 saturated heterocycles. The number of allylic oxidation sites excluding steroid dienone is 2. The minimum atomic E-state index is 0.368. The second-order valence-corrected chi connectivity index (χ2v) is 7.49. The van der Waals surface area contributed by atoms with Crippen molar-refractivity contribution in [2.45, 2.75) is 45.7 Å². The van der Waals surface area contributed by atoms with Gasteiger partial charge in [0.05, 0.1) is 19.3 Å². The first-order chi connectivity index (χ1) is 12.2. The summed E-state index contributed by atoms with van der Waals surface area (Å²) in [4.78, 5) is 2.53. The standard InChI is InChI=1S/C21H30N2O2/c1-4-14-7-16-9-23-10-17-12-25-13-24-11-15(5-2)18(17)8-20(23)21(16)22-19(14)6-3/h4,7-8,15,19,21-22H,5-6,9-13H2,1-3H3/b14-4-/t15?,19-,21?/m0/s1. The highest BCUT2D eigenvalue weighted by molar-refractivity contribution is 5.49. The molecule has 0 amide bonds. The number of ether oxygens (including phenoxy) is 2. The van der Waals surface area contributed by atoms with E-state index in [-0.39, 0.29) is 0 Å². The first kappa shape index (κ1) is 17.1. The van der Waals surface area contributed by atoms with Crippen LogP contribution < -0.4 is 5.32 Å². The van der Waals surface area contributed by atoms with Crippen molar-refractivity contribution in [3.8, 4) is 0 Å². The summed E-state index contributed by atoms with van der Waals surface area (Å²) in [6, 6.07) is 0.827. The fourth-order valence-corrected chi connectivity index (χ4v) is 4.63. The van der Waals surface area contributed by atoms with Crippen molar-refractivity contribution < 1.29 is 9.47 Å². The van der Waals surface area contributed by atoms with Crippen LogP contribution in [0, 0.1) is 5.92 Å². The molecule has 136 valence electrons. The second-order valence-electron chi connectivity index (χ2n) is 7.49. The van der Waals surface area contributed by atoms with Crippen LogP contribution in [0.5, 0.6) is 0 Å². The normalized spacial score (nSPS) is 34.0. The van der Waals surface area contributed by atoms with Gasteiger partial charge in [-0.25, -0.2) is 0 Å². The van der Waals surface area contributed by atoms with Gasteiger partial charge in [0.1, 0.15) is 6.79 Å². The summed E-state index contributed by atoms with van der Waals surface area (Å²) in [7, 11) is 0. The van der Waals surface area contributed by atoms with E-state index in [1.165, 1.54) is 28.0 Å². The molecule has 4 nitrogen and oxygen atoms in total. The summed E-state index contributed by atoms with van der Waals surface area (Å²) in [5, 5.41) is 3.89. The van der Waals surface area contributed by atoms with Gasteiger partial charge in [-0.05, 0) is 48.1 Å². The van der Waals surface area contributed by atoms with Gasteiger partial charge in [0.15, 0.2) is 0 Å². The number of nitrogens with zero attached hydrogens (tertiary/aromatic N) is 1. The van der Waals surface area contributed by atoms with Crippen LogP contribution >= 0.6 is 0 Å². The third kappa shape index (κ3) is 3.01. The van der Waals surface area contributed by atoms with Gasteiger partial charge in [0.25, 0.3) is 0 Å². The van der Waals surface area contributed by atoms with Crippen LogP contribution in [0.1, 0.15) is 33.6 Å². The molecule has 0 aromatic heterocycles. The van der Waals surface area contributed by atoms with Gasteiger partial charge in [-0.1, -0.05) is 26.0 Å². The fourth-order valence-electron chi connectivity index (χ4n) is 4.63.